The third-order valence-corrected chi connectivity index (χ3v) is 4.63. The van der Waals surface area contributed by atoms with Crippen LogP contribution in [0.4, 0.5) is 0 Å². The zero-order valence-electron chi connectivity index (χ0n) is 15.0. The SMILES string of the molecule is CCNC(=NCCc1sc(C)nc1C)NC(C)c1ccc(C)o1.I. The Hall–Kier alpha value is -1.09. The first kappa shape index (κ1) is 21.0. The topological polar surface area (TPSA) is 62.5 Å². The smallest absolute Gasteiger partial charge is 0.191 e. The molecular formula is C17H27IN4OS. The molecule has 2 N–H and O–H groups in total. The van der Waals surface area contributed by atoms with E-state index in [1.165, 1.54) is 4.88 Å². The molecule has 0 saturated heterocycles. The van der Waals surface area contributed by atoms with Gasteiger partial charge in [-0.3, -0.25) is 4.99 Å². The number of hydrogen-bond acceptors (Lipinski definition) is 4. The fourth-order valence-corrected chi connectivity index (χ4v) is 3.28. The predicted octanol–water partition coefficient (Wildman–Crippen LogP) is 4.14. The summed E-state index contributed by atoms with van der Waals surface area (Å²) in [4.78, 5) is 10.4. The van der Waals surface area contributed by atoms with Crippen LogP contribution in [-0.4, -0.2) is 24.0 Å². The maximum absolute atomic E-state index is 5.66. The molecule has 1 unspecified atom stereocenters. The first-order valence-electron chi connectivity index (χ1n) is 8.03. The van der Waals surface area contributed by atoms with Crippen molar-refractivity contribution in [3.05, 3.63) is 39.2 Å². The van der Waals surface area contributed by atoms with E-state index in [4.69, 9.17) is 4.42 Å². The van der Waals surface area contributed by atoms with Gasteiger partial charge in [0, 0.05) is 24.4 Å². The fraction of sp³-hybridized carbons (Fsp3) is 0.529. The molecule has 2 rings (SSSR count). The van der Waals surface area contributed by atoms with E-state index in [0.29, 0.717) is 0 Å². The summed E-state index contributed by atoms with van der Waals surface area (Å²) in [5, 5.41) is 7.79. The molecule has 0 aliphatic heterocycles. The molecule has 0 radical (unpaired) electrons. The zero-order chi connectivity index (χ0) is 16.8. The van der Waals surface area contributed by atoms with Crippen molar-refractivity contribution in [1.29, 1.82) is 0 Å². The van der Waals surface area contributed by atoms with Crippen LogP contribution in [0.3, 0.4) is 0 Å². The summed E-state index contributed by atoms with van der Waals surface area (Å²) in [6.45, 7) is 11.8. The van der Waals surface area contributed by atoms with E-state index in [1.807, 2.05) is 26.0 Å². The molecule has 0 saturated carbocycles. The van der Waals surface area contributed by atoms with Gasteiger partial charge in [0.25, 0.3) is 0 Å². The summed E-state index contributed by atoms with van der Waals surface area (Å²) in [6, 6.07) is 4.06. The molecule has 5 nitrogen and oxygen atoms in total. The largest absolute Gasteiger partial charge is 0.464 e. The van der Waals surface area contributed by atoms with Crippen LogP contribution in [0.5, 0.6) is 0 Å². The Morgan fingerprint density at radius 1 is 1.33 bits per heavy atom. The minimum absolute atomic E-state index is 0. The van der Waals surface area contributed by atoms with Crippen molar-refractivity contribution in [3.8, 4) is 0 Å². The second kappa shape index (κ2) is 10.0. The van der Waals surface area contributed by atoms with Gasteiger partial charge in [0.1, 0.15) is 11.5 Å². The van der Waals surface area contributed by atoms with Crippen molar-refractivity contribution < 1.29 is 4.42 Å². The number of rotatable bonds is 6. The van der Waals surface area contributed by atoms with Gasteiger partial charge in [-0.1, -0.05) is 0 Å². The molecule has 0 amide bonds. The zero-order valence-corrected chi connectivity index (χ0v) is 18.1. The van der Waals surface area contributed by atoms with E-state index in [9.17, 15) is 0 Å². The molecule has 0 aliphatic rings. The number of halogens is 1. The third kappa shape index (κ3) is 6.08. The Balaban J connectivity index is 0.00000288. The quantitative estimate of drug-likeness (QED) is 0.385. The average Bonchev–Trinajstić information content (AvgIpc) is 3.05. The summed E-state index contributed by atoms with van der Waals surface area (Å²) >= 11 is 1.76. The maximum Gasteiger partial charge on any atom is 0.191 e. The van der Waals surface area contributed by atoms with Crippen LogP contribution in [0.25, 0.3) is 0 Å². The van der Waals surface area contributed by atoms with Crippen molar-refractivity contribution >= 4 is 41.3 Å². The molecule has 2 aromatic rings. The van der Waals surface area contributed by atoms with Gasteiger partial charge in [0.2, 0.25) is 0 Å². The van der Waals surface area contributed by atoms with Gasteiger partial charge in [0.15, 0.2) is 5.96 Å². The molecule has 2 aromatic heterocycles. The summed E-state index contributed by atoms with van der Waals surface area (Å²) in [5.41, 5.74) is 1.13. The highest BCUT2D eigenvalue weighted by atomic mass is 127. The Morgan fingerprint density at radius 2 is 2.08 bits per heavy atom. The average molecular weight is 462 g/mol. The van der Waals surface area contributed by atoms with Crippen LogP contribution >= 0.6 is 35.3 Å². The number of aromatic nitrogens is 1. The number of furan rings is 1. The Kier molecular flexibility index (Phi) is 8.75. The van der Waals surface area contributed by atoms with Crippen LogP contribution < -0.4 is 10.6 Å². The summed E-state index contributed by atoms with van der Waals surface area (Å²) < 4.78 is 5.66. The number of nitrogens with one attached hydrogen (secondary N) is 2. The second-order valence-electron chi connectivity index (χ2n) is 5.57. The van der Waals surface area contributed by atoms with E-state index >= 15 is 0 Å². The minimum atomic E-state index is 0. The van der Waals surface area contributed by atoms with Crippen molar-refractivity contribution in [3.63, 3.8) is 0 Å². The number of guanidine groups is 1. The molecule has 0 fully saturated rings. The first-order chi connectivity index (χ1) is 11.0. The maximum atomic E-state index is 5.66. The number of aryl methyl sites for hydroxylation is 3. The summed E-state index contributed by atoms with van der Waals surface area (Å²) in [6.07, 6.45) is 0.919. The van der Waals surface area contributed by atoms with Crippen LogP contribution in [-0.2, 0) is 6.42 Å². The first-order valence-corrected chi connectivity index (χ1v) is 8.85. The van der Waals surface area contributed by atoms with Gasteiger partial charge in [-0.15, -0.1) is 35.3 Å². The highest BCUT2D eigenvalue weighted by Crippen LogP contribution is 2.18. The lowest BCUT2D eigenvalue weighted by atomic mass is 10.2. The summed E-state index contributed by atoms with van der Waals surface area (Å²) in [5.74, 6) is 2.65. The van der Waals surface area contributed by atoms with Gasteiger partial charge in [-0.25, -0.2) is 4.98 Å². The number of thiazole rings is 1. The van der Waals surface area contributed by atoms with Gasteiger partial charge < -0.3 is 15.1 Å². The molecule has 24 heavy (non-hydrogen) atoms. The van der Waals surface area contributed by atoms with Gasteiger partial charge in [-0.2, -0.15) is 0 Å². The Bertz CT molecular complexity index is 665. The molecule has 134 valence electrons. The van der Waals surface area contributed by atoms with Crippen LogP contribution in [0, 0.1) is 20.8 Å². The molecule has 0 spiro atoms. The fourth-order valence-electron chi connectivity index (χ4n) is 2.36. The highest BCUT2D eigenvalue weighted by Gasteiger charge is 2.11. The lowest BCUT2D eigenvalue weighted by Crippen LogP contribution is -2.38. The van der Waals surface area contributed by atoms with Gasteiger partial charge in [0.05, 0.1) is 16.7 Å². The minimum Gasteiger partial charge on any atom is -0.464 e. The molecular weight excluding hydrogens is 435 g/mol. The summed E-state index contributed by atoms with van der Waals surface area (Å²) in [7, 11) is 0. The van der Waals surface area contributed by atoms with Crippen molar-refractivity contribution in [1.82, 2.24) is 15.6 Å². The standard InChI is InChI=1S/C17H26N4OS.HI/c1-6-18-17(21-12(3)15-8-7-11(2)22-15)19-10-9-16-13(4)20-14(5)23-16;/h7-8,12H,6,9-10H2,1-5H3,(H2,18,19,21);1H. The highest BCUT2D eigenvalue weighted by molar-refractivity contribution is 14.0. The van der Waals surface area contributed by atoms with Crippen molar-refractivity contribution in [2.45, 2.75) is 47.1 Å². The van der Waals surface area contributed by atoms with Gasteiger partial charge in [-0.05, 0) is 46.8 Å². The monoisotopic (exact) mass is 462 g/mol. The van der Waals surface area contributed by atoms with Crippen LogP contribution in [0.15, 0.2) is 21.5 Å². The number of hydrogen-bond donors (Lipinski definition) is 2. The van der Waals surface area contributed by atoms with E-state index in [1.54, 1.807) is 11.3 Å². The lowest BCUT2D eigenvalue weighted by Gasteiger charge is -2.16. The molecule has 0 aliphatic carbocycles. The van der Waals surface area contributed by atoms with Crippen LogP contribution in [0.2, 0.25) is 0 Å². The molecule has 2 heterocycles. The Labute approximate surface area is 165 Å². The van der Waals surface area contributed by atoms with Crippen molar-refractivity contribution in [2.24, 2.45) is 4.99 Å². The van der Waals surface area contributed by atoms with E-state index < -0.39 is 0 Å². The lowest BCUT2D eigenvalue weighted by molar-refractivity contribution is 0.441. The number of aliphatic imine (C=N–C) groups is 1. The normalized spacial score (nSPS) is 12.6. The van der Waals surface area contributed by atoms with E-state index in [0.717, 1.165) is 47.7 Å². The number of nitrogens with zero attached hydrogens (tertiary/aromatic N) is 2. The molecule has 0 aromatic carbocycles. The molecule has 1 atom stereocenters. The van der Waals surface area contributed by atoms with Crippen molar-refractivity contribution in [2.75, 3.05) is 13.1 Å². The van der Waals surface area contributed by atoms with Gasteiger partial charge >= 0.3 is 0 Å². The predicted molar refractivity (Wildman–Crippen MR) is 112 cm³/mol. The molecule has 0 bridgehead atoms. The Morgan fingerprint density at radius 3 is 2.62 bits per heavy atom. The third-order valence-electron chi connectivity index (χ3n) is 3.49. The molecule has 7 heteroatoms. The van der Waals surface area contributed by atoms with E-state index in [-0.39, 0.29) is 30.0 Å². The van der Waals surface area contributed by atoms with Crippen LogP contribution in [0.1, 0.15) is 47.0 Å². The van der Waals surface area contributed by atoms with E-state index in [2.05, 4.69) is 41.4 Å². The second-order valence-corrected chi connectivity index (χ2v) is 6.85.